The van der Waals surface area contributed by atoms with Crippen LogP contribution in [-0.2, 0) is 19.2 Å². The van der Waals surface area contributed by atoms with Crippen molar-refractivity contribution < 1.29 is 24.0 Å². The van der Waals surface area contributed by atoms with Gasteiger partial charge in [0.15, 0.2) is 0 Å². The molecule has 1 saturated heterocycles. The molecule has 1 aromatic carbocycles. The fourth-order valence-corrected chi connectivity index (χ4v) is 5.21. The van der Waals surface area contributed by atoms with Crippen molar-refractivity contribution in [3.05, 3.63) is 35.2 Å². The van der Waals surface area contributed by atoms with E-state index >= 15 is 0 Å². The highest BCUT2D eigenvalue weighted by atomic mass is 32.1. The molecule has 0 saturated carbocycles. The molecule has 1 fully saturated rings. The Morgan fingerprint density at radius 1 is 1.08 bits per heavy atom. The van der Waals surface area contributed by atoms with Crippen LogP contribution in [0.15, 0.2) is 30.3 Å². The predicted octanol–water partition coefficient (Wildman–Crippen LogP) is 2.54. The van der Waals surface area contributed by atoms with Crippen LogP contribution in [0.1, 0.15) is 63.6 Å². The van der Waals surface area contributed by atoms with Gasteiger partial charge in [0, 0.05) is 22.7 Å². The van der Waals surface area contributed by atoms with Crippen LogP contribution in [0.2, 0.25) is 0 Å². The number of carbonyl (C=O) groups is 5. The molecule has 1 aliphatic heterocycles. The van der Waals surface area contributed by atoms with Crippen molar-refractivity contribution in [2.75, 3.05) is 6.54 Å². The first-order chi connectivity index (χ1) is 17.3. The molecule has 0 bridgehead atoms. The van der Waals surface area contributed by atoms with Gasteiger partial charge in [-0.3, -0.25) is 24.0 Å². The molecule has 0 aliphatic carbocycles. The molecule has 3 atom stereocenters. The SMILES string of the molecule is CC(C)C[C@H](NC(=O)c1cc2ccccc2s1)C(=O)N[C@@H](C[C@@H]1CCNC1=O)C(=O)C(=O)NC(C)(C)C. The lowest BCUT2D eigenvalue weighted by Gasteiger charge is -2.26. The van der Waals surface area contributed by atoms with Gasteiger partial charge in [-0.25, -0.2) is 0 Å². The summed E-state index contributed by atoms with van der Waals surface area (Å²) in [5.74, 6) is -3.23. The third kappa shape index (κ3) is 7.85. The zero-order valence-electron chi connectivity index (χ0n) is 22.0. The molecule has 0 radical (unpaired) electrons. The lowest BCUT2D eigenvalue weighted by atomic mass is 9.94. The molecular weight excluding hydrogens is 492 g/mol. The van der Waals surface area contributed by atoms with Crippen LogP contribution in [0, 0.1) is 11.8 Å². The Morgan fingerprint density at radius 2 is 1.78 bits per heavy atom. The molecule has 10 heteroatoms. The van der Waals surface area contributed by atoms with E-state index in [1.54, 1.807) is 26.8 Å². The molecule has 4 N–H and O–H groups in total. The average Bonchev–Trinajstić information content (AvgIpc) is 3.42. The quantitative estimate of drug-likeness (QED) is 0.352. The molecule has 37 heavy (non-hydrogen) atoms. The number of nitrogens with one attached hydrogen (secondary N) is 4. The predicted molar refractivity (Wildman–Crippen MR) is 143 cm³/mol. The molecule has 9 nitrogen and oxygen atoms in total. The highest BCUT2D eigenvalue weighted by Gasteiger charge is 2.36. The maximum absolute atomic E-state index is 13.4. The topological polar surface area (TPSA) is 133 Å². The molecule has 200 valence electrons. The molecule has 3 rings (SSSR count). The first-order valence-corrected chi connectivity index (χ1v) is 13.4. The van der Waals surface area contributed by atoms with Gasteiger partial charge in [0.2, 0.25) is 17.6 Å². The number of hydrogen-bond acceptors (Lipinski definition) is 6. The zero-order chi connectivity index (χ0) is 27.3. The van der Waals surface area contributed by atoms with E-state index in [1.807, 2.05) is 38.1 Å². The molecule has 2 heterocycles. The van der Waals surface area contributed by atoms with Gasteiger partial charge in [-0.1, -0.05) is 32.0 Å². The maximum Gasteiger partial charge on any atom is 0.290 e. The van der Waals surface area contributed by atoms with E-state index in [2.05, 4.69) is 21.3 Å². The number of hydrogen-bond donors (Lipinski definition) is 4. The number of amides is 4. The van der Waals surface area contributed by atoms with Crippen molar-refractivity contribution in [2.45, 2.75) is 71.5 Å². The second-order valence-electron chi connectivity index (χ2n) is 10.9. The number of fused-ring (bicyclic) bond motifs is 1. The second kappa shape index (κ2) is 11.9. The molecule has 2 aromatic rings. The van der Waals surface area contributed by atoms with E-state index in [0.29, 0.717) is 24.3 Å². The van der Waals surface area contributed by atoms with E-state index in [1.165, 1.54) is 11.3 Å². The summed E-state index contributed by atoms with van der Waals surface area (Å²) < 4.78 is 0.961. The van der Waals surface area contributed by atoms with E-state index in [0.717, 1.165) is 10.1 Å². The average molecular weight is 529 g/mol. The number of rotatable bonds is 10. The van der Waals surface area contributed by atoms with Gasteiger partial charge in [-0.15, -0.1) is 11.3 Å². The van der Waals surface area contributed by atoms with Crippen molar-refractivity contribution in [3.8, 4) is 0 Å². The van der Waals surface area contributed by atoms with Crippen LogP contribution in [-0.4, -0.2) is 53.6 Å². The Hall–Kier alpha value is -3.27. The van der Waals surface area contributed by atoms with Crippen molar-refractivity contribution >= 4 is 50.8 Å². The smallest absolute Gasteiger partial charge is 0.290 e. The van der Waals surface area contributed by atoms with Crippen LogP contribution in [0.3, 0.4) is 0 Å². The van der Waals surface area contributed by atoms with Crippen LogP contribution in [0.4, 0.5) is 0 Å². The standard InChI is InChI=1S/C27H36N4O5S/c1-15(2)12-19(30-25(35)21-14-16-8-6-7-9-20(16)37-21)24(34)29-18(13-17-10-11-28-23(17)33)22(32)26(36)31-27(3,4)5/h6-9,14-15,17-19H,10-13H2,1-5H3,(H,28,33)(H,29,34)(H,30,35)(H,31,36)/t17-,18-,19-/m0/s1. The van der Waals surface area contributed by atoms with Gasteiger partial charge < -0.3 is 21.3 Å². The van der Waals surface area contributed by atoms with E-state index in [-0.39, 0.29) is 24.2 Å². The first-order valence-electron chi connectivity index (χ1n) is 12.6. The summed E-state index contributed by atoms with van der Waals surface area (Å²) in [6.45, 7) is 9.57. The lowest BCUT2D eigenvalue weighted by Crippen LogP contribution is -2.56. The van der Waals surface area contributed by atoms with Crippen LogP contribution in [0.25, 0.3) is 10.1 Å². The number of Topliss-reactive ketones (excluding diaryl/α,β-unsaturated/α-hetero) is 1. The minimum absolute atomic E-state index is 0.00658. The summed E-state index contributed by atoms with van der Waals surface area (Å²) in [7, 11) is 0. The Kier molecular flexibility index (Phi) is 9.07. The largest absolute Gasteiger partial charge is 0.356 e. The summed E-state index contributed by atoms with van der Waals surface area (Å²) >= 11 is 1.33. The summed E-state index contributed by atoms with van der Waals surface area (Å²) in [6, 6.07) is 7.29. The van der Waals surface area contributed by atoms with E-state index in [9.17, 15) is 24.0 Å². The summed E-state index contributed by atoms with van der Waals surface area (Å²) in [6.07, 6.45) is 0.853. The minimum atomic E-state index is -1.19. The normalized spacial score (nSPS) is 17.2. The fraction of sp³-hybridized carbons (Fsp3) is 0.519. The molecule has 1 aromatic heterocycles. The van der Waals surface area contributed by atoms with Crippen molar-refractivity contribution in [2.24, 2.45) is 11.8 Å². The third-order valence-corrected chi connectivity index (χ3v) is 7.12. The zero-order valence-corrected chi connectivity index (χ0v) is 22.8. The molecule has 0 spiro atoms. The van der Waals surface area contributed by atoms with E-state index < -0.39 is 41.1 Å². The molecular formula is C27H36N4O5S. The highest BCUT2D eigenvalue weighted by Crippen LogP contribution is 2.25. The fourth-order valence-electron chi connectivity index (χ4n) is 4.24. The Morgan fingerprint density at radius 3 is 2.38 bits per heavy atom. The molecule has 1 aliphatic rings. The van der Waals surface area contributed by atoms with Crippen LogP contribution < -0.4 is 21.3 Å². The van der Waals surface area contributed by atoms with Gasteiger partial charge in [0.1, 0.15) is 6.04 Å². The summed E-state index contributed by atoms with van der Waals surface area (Å²) in [5.41, 5.74) is -0.648. The third-order valence-electron chi connectivity index (χ3n) is 6.01. The van der Waals surface area contributed by atoms with Gasteiger partial charge in [-0.2, -0.15) is 0 Å². The Balaban J connectivity index is 1.78. The van der Waals surface area contributed by atoms with Crippen LogP contribution >= 0.6 is 11.3 Å². The van der Waals surface area contributed by atoms with Gasteiger partial charge in [0.25, 0.3) is 11.8 Å². The van der Waals surface area contributed by atoms with Gasteiger partial charge in [-0.05, 0) is 63.5 Å². The Bertz CT molecular complexity index is 1150. The lowest BCUT2D eigenvalue weighted by molar-refractivity contribution is -0.141. The van der Waals surface area contributed by atoms with Crippen molar-refractivity contribution in [3.63, 3.8) is 0 Å². The Labute approximate surface area is 221 Å². The minimum Gasteiger partial charge on any atom is -0.356 e. The monoisotopic (exact) mass is 528 g/mol. The maximum atomic E-state index is 13.4. The number of thiophene rings is 1. The summed E-state index contributed by atoms with van der Waals surface area (Å²) in [4.78, 5) is 64.8. The van der Waals surface area contributed by atoms with Gasteiger partial charge >= 0.3 is 0 Å². The highest BCUT2D eigenvalue weighted by molar-refractivity contribution is 7.20. The number of benzene rings is 1. The first kappa shape index (κ1) is 28.3. The summed E-state index contributed by atoms with van der Waals surface area (Å²) in [5, 5.41) is 11.8. The van der Waals surface area contributed by atoms with Crippen LogP contribution in [0.5, 0.6) is 0 Å². The second-order valence-corrected chi connectivity index (χ2v) is 12.0. The van der Waals surface area contributed by atoms with Gasteiger partial charge in [0.05, 0.1) is 10.9 Å². The van der Waals surface area contributed by atoms with Crippen molar-refractivity contribution in [1.82, 2.24) is 21.3 Å². The number of ketones is 1. The number of carbonyl (C=O) groups excluding carboxylic acids is 5. The van der Waals surface area contributed by atoms with E-state index in [4.69, 9.17) is 0 Å². The molecule has 0 unspecified atom stereocenters. The molecule has 4 amide bonds. The van der Waals surface area contributed by atoms with Crippen molar-refractivity contribution in [1.29, 1.82) is 0 Å².